The molecule has 7 heteroatoms. The van der Waals surface area contributed by atoms with Gasteiger partial charge in [-0.25, -0.2) is 8.78 Å². The zero-order chi connectivity index (χ0) is 10.9. The first-order valence-corrected chi connectivity index (χ1v) is 4.87. The second-order valence-corrected chi connectivity index (χ2v) is 3.22. The average Bonchev–Trinajstić information content (AvgIpc) is 2.17. The maximum Gasteiger partial charge on any atom is 0.205 e. The highest BCUT2D eigenvalue weighted by molar-refractivity contribution is 8.21. The minimum absolute atomic E-state index is 0.0562. The quantitative estimate of drug-likeness (QED) is 0.583. The molecule has 0 atom stereocenters. The SMILES string of the molecule is COc1c(F)c(F)c(SCl)c(F)c1F. The Morgan fingerprint density at radius 2 is 1.43 bits per heavy atom. The summed E-state index contributed by atoms with van der Waals surface area (Å²) in [5, 5.41) is 0. The molecule has 0 amide bonds. The van der Waals surface area contributed by atoms with Crippen molar-refractivity contribution >= 4 is 21.7 Å². The van der Waals surface area contributed by atoms with E-state index in [2.05, 4.69) is 4.74 Å². The summed E-state index contributed by atoms with van der Waals surface area (Å²) in [5.74, 6) is -7.44. The molecule has 1 nitrogen and oxygen atoms in total. The van der Waals surface area contributed by atoms with Crippen LogP contribution in [0.15, 0.2) is 4.90 Å². The van der Waals surface area contributed by atoms with E-state index < -0.39 is 33.9 Å². The number of methoxy groups -OCH3 is 1. The fourth-order valence-corrected chi connectivity index (χ4v) is 1.56. The third-order valence-electron chi connectivity index (χ3n) is 1.46. The van der Waals surface area contributed by atoms with Crippen molar-refractivity contribution in [2.45, 2.75) is 4.90 Å². The van der Waals surface area contributed by atoms with E-state index in [1.807, 2.05) is 0 Å². The lowest BCUT2D eigenvalue weighted by molar-refractivity contribution is 0.324. The van der Waals surface area contributed by atoms with Gasteiger partial charge in [-0.2, -0.15) is 8.78 Å². The Bertz CT molecular complexity index is 307. The van der Waals surface area contributed by atoms with Crippen molar-refractivity contribution < 1.29 is 22.3 Å². The van der Waals surface area contributed by atoms with Gasteiger partial charge in [-0.3, -0.25) is 0 Å². The minimum Gasteiger partial charge on any atom is -0.491 e. The predicted molar refractivity (Wildman–Crippen MR) is 44.5 cm³/mol. The molecule has 78 valence electrons. The normalized spacial score (nSPS) is 10.4. The van der Waals surface area contributed by atoms with Gasteiger partial charge in [0.2, 0.25) is 11.6 Å². The molecular weight excluding hydrogens is 244 g/mol. The van der Waals surface area contributed by atoms with E-state index in [9.17, 15) is 17.6 Å². The molecule has 0 fully saturated rings. The molecule has 0 unspecified atom stereocenters. The van der Waals surface area contributed by atoms with Crippen LogP contribution in [0.2, 0.25) is 0 Å². The molecule has 1 aromatic rings. The first-order chi connectivity index (χ1) is 6.54. The van der Waals surface area contributed by atoms with Crippen LogP contribution < -0.4 is 4.74 Å². The Morgan fingerprint density at radius 1 is 1.00 bits per heavy atom. The molecule has 0 N–H and O–H groups in total. The summed E-state index contributed by atoms with van der Waals surface area (Å²) in [5.41, 5.74) is 0. The number of hydrogen-bond donors (Lipinski definition) is 0. The summed E-state index contributed by atoms with van der Waals surface area (Å²) in [6.45, 7) is 0. The maximum absolute atomic E-state index is 12.9. The highest BCUT2D eigenvalue weighted by Crippen LogP contribution is 2.36. The van der Waals surface area contributed by atoms with E-state index >= 15 is 0 Å². The fourth-order valence-electron chi connectivity index (χ4n) is 0.838. The van der Waals surface area contributed by atoms with Gasteiger partial charge in [0.1, 0.15) is 4.90 Å². The zero-order valence-electron chi connectivity index (χ0n) is 6.71. The van der Waals surface area contributed by atoms with E-state index in [0.29, 0.717) is 0 Å². The fraction of sp³-hybridized carbons (Fsp3) is 0.143. The number of ether oxygens (including phenoxy) is 1. The standard InChI is InChI=1S/C7H3ClF4OS/c1-13-6-2(9)4(11)7(14-8)5(12)3(6)10/h1H3. The van der Waals surface area contributed by atoms with E-state index in [0.717, 1.165) is 7.11 Å². The van der Waals surface area contributed by atoms with Crippen molar-refractivity contribution in [1.82, 2.24) is 0 Å². The lowest BCUT2D eigenvalue weighted by Crippen LogP contribution is -2.02. The van der Waals surface area contributed by atoms with Crippen LogP contribution in [0, 0.1) is 23.3 Å². The molecule has 0 aliphatic carbocycles. The molecule has 0 aliphatic rings. The Balaban J connectivity index is 3.55. The minimum atomic E-state index is -1.60. The molecule has 0 saturated carbocycles. The van der Waals surface area contributed by atoms with Crippen molar-refractivity contribution in [2.75, 3.05) is 7.11 Å². The van der Waals surface area contributed by atoms with Crippen molar-refractivity contribution in [2.24, 2.45) is 0 Å². The monoisotopic (exact) mass is 246 g/mol. The second-order valence-electron chi connectivity index (χ2n) is 2.20. The van der Waals surface area contributed by atoms with Crippen LogP contribution in [0.3, 0.4) is 0 Å². The van der Waals surface area contributed by atoms with Crippen LogP contribution in [-0.4, -0.2) is 7.11 Å². The summed E-state index contributed by atoms with van der Waals surface area (Å²) in [6, 6.07) is 0. The van der Waals surface area contributed by atoms with Gasteiger partial charge in [0.05, 0.1) is 7.11 Å². The van der Waals surface area contributed by atoms with Gasteiger partial charge >= 0.3 is 0 Å². The summed E-state index contributed by atoms with van der Waals surface area (Å²) in [4.78, 5) is -0.928. The molecule has 1 aromatic carbocycles. The van der Waals surface area contributed by atoms with Gasteiger partial charge in [-0.05, 0) is 21.7 Å². The van der Waals surface area contributed by atoms with Gasteiger partial charge in [-0.15, -0.1) is 0 Å². The summed E-state index contributed by atoms with van der Waals surface area (Å²) in [6.07, 6.45) is 0. The van der Waals surface area contributed by atoms with Crippen molar-refractivity contribution in [3.63, 3.8) is 0 Å². The molecule has 14 heavy (non-hydrogen) atoms. The first-order valence-electron chi connectivity index (χ1n) is 3.23. The third-order valence-corrected chi connectivity index (χ3v) is 2.44. The smallest absolute Gasteiger partial charge is 0.205 e. The van der Waals surface area contributed by atoms with Crippen molar-refractivity contribution in [3.05, 3.63) is 23.3 Å². The van der Waals surface area contributed by atoms with Gasteiger partial charge < -0.3 is 4.74 Å². The van der Waals surface area contributed by atoms with Gasteiger partial charge in [0.15, 0.2) is 17.4 Å². The van der Waals surface area contributed by atoms with Crippen molar-refractivity contribution in [1.29, 1.82) is 0 Å². The molecule has 0 saturated heterocycles. The zero-order valence-corrected chi connectivity index (χ0v) is 8.28. The number of rotatable bonds is 2. The topological polar surface area (TPSA) is 9.23 Å². The molecular formula is C7H3ClF4OS. The lowest BCUT2D eigenvalue weighted by atomic mass is 10.3. The van der Waals surface area contributed by atoms with Crippen LogP contribution in [0.25, 0.3) is 0 Å². The summed E-state index contributed by atoms with van der Waals surface area (Å²) < 4.78 is 55.8. The number of benzene rings is 1. The highest BCUT2D eigenvalue weighted by Gasteiger charge is 2.26. The molecule has 0 heterocycles. The lowest BCUT2D eigenvalue weighted by Gasteiger charge is -2.07. The highest BCUT2D eigenvalue weighted by atomic mass is 35.7. The predicted octanol–water partition coefficient (Wildman–Crippen LogP) is 3.50. The third kappa shape index (κ3) is 1.64. The molecule has 0 aliphatic heterocycles. The largest absolute Gasteiger partial charge is 0.491 e. The Labute approximate surface area is 85.5 Å². The van der Waals surface area contributed by atoms with E-state index in [-0.39, 0.29) is 11.0 Å². The number of hydrogen-bond acceptors (Lipinski definition) is 2. The van der Waals surface area contributed by atoms with Gasteiger partial charge in [0, 0.05) is 0 Å². The van der Waals surface area contributed by atoms with Crippen LogP contribution in [0.1, 0.15) is 0 Å². The second kappa shape index (κ2) is 4.27. The van der Waals surface area contributed by atoms with Crippen LogP contribution >= 0.6 is 21.7 Å². The Morgan fingerprint density at radius 3 is 1.71 bits per heavy atom. The Kier molecular flexibility index (Phi) is 3.49. The van der Waals surface area contributed by atoms with Crippen molar-refractivity contribution in [3.8, 4) is 5.75 Å². The molecule has 0 radical (unpaired) electrons. The van der Waals surface area contributed by atoms with Crippen LogP contribution in [0.4, 0.5) is 17.6 Å². The summed E-state index contributed by atoms with van der Waals surface area (Å²) >= 11 is 0. The van der Waals surface area contributed by atoms with Crippen LogP contribution in [-0.2, 0) is 0 Å². The maximum atomic E-state index is 12.9. The van der Waals surface area contributed by atoms with E-state index in [1.165, 1.54) is 0 Å². The summed E-state index contributed by atoms with van der Waals surface area (Å²) in [7, 11) is 5.99. The molecule has 1 rings (SSSR count). The molecule has 0 spiro atoms. The van der Waals surface area contributed by atoms with E-state index in [4.69, 9.17) is 10.7 Å². The van der Waals surface area contributed by atoms with E-state index in [1.54, 1.807) is 0 Å². The average molecular weight is 247 g/mol. The molecule has 0 aromatic heterocycles. The first kappa shape index (κ1) is 11.5. The van der Waals surface area contributed by atoms with Crippen LogP contribution in [0.5, 0.6) is 5.75 Å². The Hall–Kier alpha value is -0.620. The number of halogens is 5. The van der Waals surface area contributed by atoms with Gasteiger partial charge in [-0.1, -0.05) is 0 Å². The molecule has 0 bridgehead atoms. The van der Waals surface area contributed by atoms with Gasteiger partial charge in [0.25, 0.3) is 0 Å².